The molecule has 0 bridgehead atoms. The molecule has 0 spiro atoms. The Kier molecular flexibility index (Phi) is 41.8. The Balaban J connectivity index is 4.34. The Hall–Kier alpha value is -1.59. The number of ether oxygens (including phenoxy) is 3. The van der Waals surface area contributed by atoms with Crippen LogP contribution < -0.4 is 0 Å². The van der Waals surface area contributed by atoms with Gasteiger partial charge < -0.3 is 14.2 Å². The highest BCUT2D eigenvalue weighted by Crippen LogP contribution is 2.18. The summed E-state index contributed by atoms with van der Waals surface area (Å²) in [6.45, 7) is 11.4. The van der Waals surface area contributed by atoms with E-state index in [1.165, 1.54) is 161 Å². The van der Waals surface area contributed by atoms with E-state index in [1.807, 2.05) is 0 Å². The molecule has 56 heavy (non-hydrogen) atoms. The molecule has 0 heterocycles. The van der Waals surface area contributed by atoms with Gasteiger partial charge in [0.15, 0.2) is 6.10 Å². The van der Waals surface area contributed by atoms with Crippen molar-refractivity contribution in [3.05, 3.63) is 0 Å². The van der Waals surface area contributed by atoms with Gasteiger partial charge in [-0.1, -0.05) is 234 Å². The van der Waals surface area contributed by atoms with Crippen molar-refractivity contribution < 1.29 is 28.6 Å². The first-order valence-corrected chi connectivity index (χ1v) is 24.8. The van der Waals surface area contributed by atoms with Gasteiger partial charge in [0, 0.05) is 19.3 Å². The van der Waals surface area contributed by atoms with Crippen LogP contribution in [-0.2, 0) is 28.6 Å². The second-order valence-corrected chi connectivity index (χ2v) is 17.6. The maximum Gasteiger partial charge on any atom is 0.306 e. The van der Waals surface area contributed by atoms with Crippen molar-refractivity contribution in [3.8, 4) is 0 Å². The summed E-state index contributed by atoms with van der Waals surface area (Å²) in [6.07, 6.45) is 42.1. The molecule has 6 nitrogen and oxygen atoms in total. The molecular formula is C50H96O6. The van der Waals surface area contributed by atoms with Gasteiger partial charge in [-0.25, -0.2) is 0 Å². The minimum Gasteiger partial charge on any atom is -0.462 e. The zero-order chi connectivity index (χ0) is 41.2. The van der Waals surface area contributed by atoms with E-state index in [-0.39, 0.29) is 31.1 Å². The van der Waals surface area contributed by atoms with Gasteiger partial charge in [-0.15, -0.1) is 0 Å². The molecule has 0 rings (SSSR count). The van der Waals surface area contributed by atoms with E-state index in [2.05, 4.69) is 34.6 Å². The van der Waals surface area contributed by atoms with Gasteiger partial charge >= 0.3 is 17.9 Å². The fourth-order valence-corrected chi connectivity index (χ4v) is 7.39. The zero-order valence-corrected chi connectivity index (χ0v) is 38.3. The molecule has 0 radical (unpaired) electrons. The van der Waals surface area contributed by atoms with Crippen molar-refractivity contribution in [1.82, 2.24) is 0 Å². The Labute approximate surface area is 348 Å². The third kappa shape index (κ3) is 40.6. The molecule has 0 saturated heterocycles. The monoisotopic (exact) mass is 793 g/mol. The summed E-state index contributed by atoms with van der Waals surface area (Å²) < 4.78 is 16.8. The lowest BCUT2D eigenvalue weighted by atomic mass is 9.99. The van der Waals surface area contributed by atoms with Crippen molar-refractivity contribution in [3.63, 3.8) is 0 Å². The average Bonchev–Trinajstić information content (AvgIpc) is 3.19. The van der Waals surface area contributed by atoms with Crippen molar-refractivity contribution in [2.75, 3.05) is 13.2 Å². The molecule has 0 aromatic carbocycles. The molecular weight excluding hydrogens is 697 g/mol. The molecule has 332 valence electrons. The van der Waals surface area contributed by atoms with E-state index in [9.17, 15) is 14.4 Å². The molecule has 0 saturated carbocycles. The van der Waals surface area contributed by atoms with Crippen LogP contribution in [0.15, 0.2) is 0 Å². The lowest BCUT2D eigenvalue weighted by molar-refractivity contribution is -0.167. The molecule has 0 aliphatic heterocycles. The van der Waals surface area contributed by atoms with E-state index < -0.39 is 6.10 Å². The fourth-order valence-electron chi connectivity index (χ4n) is 7.39. The highest BCUT2D eigenvalue weighted by molar-refractivity contribution is 5.71. The van der Waals surface area contributed by atoms with Gasteiger partial charge in [-0.3, -0.25) is 14.4 Å². The highest BCUT2D eigenvalue weighted by Gasteiger charge is 2.19. The predicted octanol–water partition coefficient (Wildman–Crippen LogP) is 15.8. The summed E-state index contributed by atoms with van der Waals surface area (Å²) >= 11 is 0. The summed E-state index contributed by atoms with van der Waals surface area (Å²) in [4.78, 5) is 37.8. The lowest BCUT2D eigenvalue weighted by Crippen LogP contribution is -2.30. The first-order valence-electron chi connectivity index (χ1n) is 24.8. The Morgan fingerprint density at radius 2 is 0.625 bits per heavy atom. The fraction of sp³-hybridized carbons (Fsp3) is 0.940. The SMILES string of the molecule is CCCCCCCCCCCCCCC(=O)O[C@H](COC(=O)CCCCCCCCCCCCC(C)CC)COC(=O)CCCCCCCCCCC(C)CC. The number of rotatable bonds is 44. The highest BCUT2D eigenvalue weighted by atomic mass is 16.6. The number of esters is 3. The summed E-state index contributed by atoms with van der Waals surface area (Å²) in [7, 11) is 0. The van der Waals surface area contributed by atoms with E-state index in [0.29, 0.717) is 19.3 Å². The van der Waals surface area contributed by atoms with Crippen molar-refractivity contribution >= 4 is 17.9 Å². The molecule has 3 atom stereocenters. The van der Waals surface area contributed by atoms with Gasteiger partial charge in [-0.2, -0.15) is 0 Å². The minimum absolute atomic E-state index is 0.0645. The number of unbranched alkanes of at least 4 members (excludes halogenated alkanes) is 27. The van der Waals surface area contributed by atoms with Crippen LogP contribution >= 0.6 is 0 Å². The van der Waals surface area contributed by atoms with Gasteiger partial charge in [0.1, 0.15) is 13.2 Å². The second-order valence-electron chi connectivity index (χ2n) is 17.6. The van der Waals surface area contributed by atoms with Crippen LogP contribution in [0.25, 0.3) is 0 Å². The molecule has 0 N–H and O–H groups in total. The van der Waals surface area contributed by atoms with E-state index in [0.717, 1.165) is 69.6 Å². The Morgan fingerprint density at radius 1 is 0.357 bits per heavy atom. The molecule has 0 aliphatic rings. The predicted molar refractivity (Wildman–Crippen MR) is 238 cm³/mol. The third-order valence-corrected chi connectivity index (χ3v) is 11.9. The van der Waals surface area contributed by atoms with E-state index in [4.69, 9.17) is 14.2 Å². The van der Waals surface area contributed by atoms with Gasteiger partial charge in [-0.05, 0) is 31.1 Å². The summed E-state index contributed by atoms with van der Waals surface area (Å²) in [5.74, 6) is 0.865. The largest absolute Gasteiger partial charge is 0.462 e. The molecule has 0 fully saturated rings. The smallest absolute Gasteiger partial charge is 0.306 e. The molecule has 2 unspecified atom stereocenters. The van der Waals surface area contributed by atoms with Crippen molar-refractivity contribution in [2.45, 2.75) is 278 Å². The topological polar surface area (TPSA) is 78.9 Å². The summed E-state index contributed by atoms with van der Waals surface area (Å²) in [6, 6.07) is 0. The maximum absolute atomic E-state index is 12.7. The van der Waals surface area contributed by atoms with E-state index >= 15 is 0 Å². The normalized spacial score (nSPS) is 13.0. The Bertz CT molecular complexity index is 858. The van der Waals surface area contributed by atoms with Crippen LogP contribution in [-0.4, -0.2) is 37.2 Å². The number of hydrogen-bond donors (Lipinski definition) is 0. The van der Waals surface area contributed by atoms with Crippen LogP contribution in [0.4, 0.5) is 0 Å². The lowest BCUT2D eigenvalue weighted by Gasteiger charge is -2.18. The average molecular weight is 793 g/mol. The maximum atomic E-state index is 12.7. The van der Waals surface area contributed by atoms with Crippen LogP contribution in [0.3, 0.4) is 0 Å². The zero-order valence-electron chi connectivity index (χ0n) is 38.3. The van der Waals surface area contributed by atoms with Crippen LogP contribution in [0.2, 0.25) is 0 Å². The van der Waals surface area contributed by atoms with Gasteiger partial charge in [0.25, 0.3) is 0 Å². The quantitative estimate of drug-likeness (QED) is 0.0347. The van der Waals surface area contributed by atoms with Crippen LogP contribution in [0.5, 0.6) is 0 Å². The van der Waals surface area contributed by atoms with Crippen LogP contribution in [0, 0.1) is 11.8 Å². The second kappa shape index (κ2) is 43.0. The van der Waals surface area contributed by atoms with E-state index in [1.54, 1.807) is 0 Å². The standard InChI is InChI=1S/C50H96O6/c1-6-9-10-11-12-13-14-15-20-27-32-37-42-50(53)56-47(44-55-49(52)41-36-31-26-22-21-24-29-34-39-46(5)8-3)43-54-48(51)40-35-30-25-19-17-16-18-23-28-33-38-45(4)7-2/h45-47H,6-44H2,1-5H3/t45?,46?,47-/m1/s1. The minimum atomic E-state index is -0.761. The Morgan fingerprint density at radius 3 is 0.929 bits per heavy atom. The first kappa shape index (κ1) is 54.4. The van der Waals surface area contributed by atoms with Crippen molar-refractivity contribution in [2.24, 2.45) is 11.8 Å². The van der Waals surface area contributed by atoms with Gasteiger partial charge in [0.05, 0.1) is 0 Å². The first-order chi connectivity index (χ1) is 27.3. The van der Waals surface area contributed by atoms with Crippen molar-refractivity contribution in [1.29, 1.82) is 0 Å². The summed E-state index contributed by atoms with van der Waals surface area (Å²) in [5, 5.41) is 0. The number of carbonyl (C=O) groups excluding carboxylic acids is 3. The number of hydrogen-bond acceptors (Lipinski definition) is 6. The molecule has 0 aliphatic carbocycles. The number of carbonyl (C=O) groups is 3. The van der Waals surface area contributed by atoms with Crippen LogP contribution in [0.1, 0.15) is 272 Å². The third-order valence-electron chi connectivity index (χ3n) is 11.9. The molecule has 6 heteroatoms. The summed E-state index contributed by atoms with van der Waals surface area (Å²) in [5.41, 5.74) is 0. The molecule has 0 aromatic heterocycles. The molecule has 0 aromatic rings. The molecule has 0 amide bonds. The van der Waals surface area contributed by atoms with Gasteiger partial charge in [0.2, 0.25) is 0 Å².